The lowest BCUT2D eigenvalue weighted by atomic mass is 10.0. The first-order valence-corrected chi connectivity index (χ1v) is 12.9. The van der Waals surface area contributed by atoms with E-state index in [1.807, 2.05) is 12.1 Å². The van der Waals surface area contributed by atoms with E-state index in [0.717, 1.165) is 12.2 Å². The van der Waals surface area contributed by atoms with E-state index in [-0.39, 0.29) is 19.4 Å². The number of hydrogen-bond acceptors (Lipinski definition) is 8. The van der Waals surface area contributed by atoms with Crippen LogP contribution < -0.4 is 10.9 Å². The van der Waals surface area contributed by atoms with Gasteiger partial charge in [0.1, 0.15) is 12.4 Å². The largest absolute Gasteiger partial charge is 0.491 e. The van der Waals surface area contributed by atoms with Gasteiger partial charge < -0.3 is 25.1 Å². The molecule has 0 saturated carbocycles. The predicted octanol–water partition coefficient (Wildman–Crippen LogP) is 4.39. The van der Waals surface area contributed by atoms with E-state index in [0.29, 0.717) is 39.6 Å². The van der Waals surface area contributed by atoms with Crippen LogP contribution in [0.5, 0.6) is 5.75 Å². The number of aryl methyl sites for hydroxylation is 1. The Morgan fingerprint density at radius 2 is 1.24 bits per heavy atom. The van der Waals surface area contributed by atoms with Crippen LogP contribution in [0.3, 0.4) is 0 Å². The normalized spacial score (nSPS) is 11.3. The van der Waals surface area contributed by atoms with Crippen LogP contribution in [0.15, 0.2) is 24.3 Å². The summed E-state index contributed by atoms with van der Waals surface area (Å²) in [5, 5.41) is 0. The summed E-state index contributed by atoms with van der Waals surface area (Å²) in [6.45, 7) is 4.58. The molecule has 0 aliphatic carbocycles. The van der Waals surface area contributed by atoms with Gasteiger partial charge in [-0.1, -0.05) is 63.6 Å². The molecule has 0 atom stereocenters. The van der Waals surface area contributed by atoms with Gasteiger partial charge in [-0.25, -0.2) is 4.18 Å². The van der Waals surface area contributed by atoms with Crippen molar-refractivity contribution in [2.24, 2.45) is 0 Å². The third kappa shape index (κ3) is 19.9. The molecule has 0 aliphatic heterocycles. The number of hydrogen-bond donors (Lipinski definition) is 2. The van der Waals surface area contributed by atoms with Gasteiger partial charge in [-0.3, -0.25) is 4.55 Å². The summed E-state index contributed by atoms with van der Waals surface area (Å²) in [5.74, 6) is 0.938. The van der Waals surface area contributed by atoms with Gasteiger partial charge in [-0.15, -0.1) is 0 Å². The fourth-order valence-electron chi connectivity index (χ4n) is 3.07. The van der Waals surface area contributed by atoms with Gasteiger partial charge in [0.05, 0.1) is 46.2 Å². The topological polar surface area (TPSA) is 136 Å². The van der Waals surface area contributed by atoms with Gasteiger partial charge in [0.15, 0.2) is 0 Å². The highest BCUT2D eigenvalue weighted by Crippen LogP contribution is 2.21. The monoisotopic (exact) mass is 493 g/mol. The summed E-state index contributed by atoms with van der Waals surface area (Å²) in [6.07, 6.45) is 10.1. The summed E-state index contributed by atoms with van der Waals surface area (Å²) < 4.78 is 55.0. The van der Waals surface area contributed by atoms with Gasteiger partial charge >= 0.3 is 10.4 Å². The van der Waals surface area contributed by atoms with Crippen molar-refractivity contribution in [3.8, 4) is 5.75 Å². The zero-order chi connectivity index (χ0) is 23.3. The van der Waals surface area contributed by atoms with Gasteiger partial charge in [0.25, 0.3) is 0 Å². The summed E-state index contributed by atoms with van der Waals surface area (Å²) in [7, 11) is -4.40. The van der Waals surface area contributed by atoms with Crippen molar-refractivity contribution in [3.05, 3.63) is 29.8 Å². The molecule has 0 bridgehead atoms. The van der Waals surface area contributed by atoms with E-state index in [9.17, 15) is 8.42 Å². The van der Waals surface area contributed by atoms with Crippen LogP contribution >= 0.6 is 0 Å². The fourth-order valence-corrected chi connectivity index (χ4v) is 3.35. The molecule has 0 heterocycles. The Bertz CT molecular complexity index is 672. The SMILES string of the molecule is CCCCCCCCCc1ccccc1OCCOCCOCCOCCOS(=O)(=O)O.N. The number of benzene rings is 1. The molecule has 1 rings (SSSR count). The third-order valence-corrected chi connectivity index (χ3v) is 5.18. The Balaban J connectivity index is 0.0000102. The number of rotatable bonds is 22. The van der Waals surface area contributed by atoms with Crippen LogP contribution in [0.2, 0.25) is 0 Å². The van der Waals surface area contributed by atoms with E-state index in [1.54, 1.807) is 0 Å². The van der Waals surface area contributed by atoms with Crippen LogP contribution in [0.1, 0.15) is 57.4 Å². The second kappa shape index (κ2) is 21.3. The van der Waals surface area contributed by atoms with Gasteiger partial charge in [-0.2, -0.15) is 8.42 Å². The summed E-state index contributed by atoms with van der Waals surface area (Å²) in [5.41, 5.74) is 1.26. The van der Waals surface area contributed by atoms with Crippen molar-refractivity contribution in [2.45, 2.75) is 58.3 Å². The molecule has 0 saturated heterocycles. The van der Waals surface area contributed by atoms with E-state index < -0.39 is 10.4 Å². The van der Waals surface area contributed by atoms with Crippen LogP contribution in [0.4, 0.5) is 0 Å². The summed E-state index contributed by atoms with van der Waals surface area (Å²) in [4.78, 5) is 0. The smallest absolute Gasteiger partial charge is 0.397 e. The molecule has 0 aliphatic rings. The lowest BCUT2D eigenvalue weighted by Gasteiger charge is -2.12. The molecule has 194 valence electrons. The molecular formula is C23H43NO8S. The molecule has 1 aromatic rings. The Morgan fingerprint density at radius 1 is 0.727 bits per heavy atom. The average Bonchev–Trinajstić information content (AvgIpc) is 2.76. The minimum Gasteiger partial charge on any atom is -0.491 e. The zero-order valence-corrected chi connectivity index (χ0v) is 20.9. The van der Waals surface area contributed by atoms with Crippen LogP contribution in [-0.4, -0.2) is 65.8 Å². The standard InChI is InChI=1S/C23H40O8S.H3N/c1-2-3-4-5-6-7-8-11-22-12-9-10-13-23(22)30-20-18-28-16-14-27-15-17-29-19-21-31-32(24,25)26;/h9-10,12-13H,2-8,11,14-21H2,1H3,(H,24,25,26);1H3. The molecule has 0 spiro atoms. The molecule has 0 amide bonds. The second-order valence-electron chi connectivity index (χ2n) is 7.41. The van der Waals surface area contributed by atoms with Crippen LogP contribution in [0, 0.1) is 0 Å². The zero-order valence-electron chi connectivity index (χ0n) is 20.0. The van der Waals surface area contributed by atoms with E-state index >= 15 is 0 Å². The van der Waals surface area contributed by atoms with Crippen molar-refractivity contribution >= 4 is 10.4 Å². The highest BCUT2D eigenvalue weighted by Gasteiger charge is 2.04. The molecule has 4 N–H and O–H groups in total. The number of unbranched alkanes of at least 4 members (excludes halogenated alkanes) is 6. The molecule has 1 aromatic carbocycles. The number of para-hydroxylation sites is 1. The lowest BCUT2D eigenvalue weighted by Crippen LogP contribution is -2.14. The fraction of sp³-hybridized carbons (Fsp3) is 0.739. The van der Waals surface area contributed by atoms with E-state index in [4.69, 9.17) is 23.5 Å². The maximum atomic E-state index is 10.3. The highest BCUT2D eigenvalue weighted by atomic mass is 32.3. The molecule has 9 nitrogen and oxygen atoms in total. The van der Waals surface area contributed by atoms with Crippen LogP contribution in [-0.2, 0) is 35.2 Å². The molecule has 0 fully saturated rings. The summed E-state index contributed by atoms with van der Waals surface area (Å²) in [6, 6.07) is 8.20. The minimum absolute atomic E-state index is 0. The average molecular weight is 494 g/mol. The minimum atomic E-state index is -4.40. The lowest BCUT2D eigenvalue weighted by molar-refractivity contribution is 0.00476. The molecule has 0 unspecified atom stereocenters. The van der Waals surface area contributed by atoms with Crippen molar-refractivity contribution in [1.29, 1.82) is 0 Å². The Hall–Kier alpha value is -1.27. The van der Waals surface area contributed by atoms with E-state index in [1.165, 1.54) is 50.5 Å². The molecule has 0 radical (unpaired) electrons. The van der Waals surface area contributed by atoms with Crippen molar-refractivity contribution in [1.82, 2.24) is 6.15 Å². The quantitative estimate of drug-likeness (QED) is 0.178. The molecule has 10 heteroatoms. The molecular weight excluding hydrogens is 450 g/mol. The molecule has 33 heavy (non-hydrogen) atoms. The van der Waals surface area contributed by atoms with Crippen LogP contribution in [0.25, 0.3) is 0 Å². The second-order valence-corrected chi connectivity index (χ2v) is 8.51. The summed E-state index contributed by atoms with van der Waals surface area (Å²) >= 11 is 0. The first kappa shape index (κ1) is 31.7. The highest BCUT2D eigenvalue weighted by molar-refractivity contribution is 7.80. The maximum Gasteiger partial charge on any atom is 0.397 e. The maximum absolute atomic E-state index is 10.3. The van der Waals surface area contributed by atoms with Gasteiger partial charge in [-0.05, 0) is 24.5 Å². The Kier molecular flexibility index (Phi) is 20.5. The Morgan fingerprint density at radius 3 is 1.85 bits per heavy atom. The third-order valence-electron chi connectivity index (χ3n) is 4.71. The van der Waals surface area contributed by atoms with E-state index in [2.05, 4.69) is 23.2 Å². The van der Waals surface area contributed by atoms with Crippen molar-refractivity contribution in [3.63, 3.8) is 0 Å². The first-order valence-electron chi connectivity index (χ1n) is 11.6. The first-order chi connectivity index (χ1) is 15.5. The van der Waals surface area contributed by atoms with Gasteiger partial charge in [0.2, 0.25) is 0 Å². The van der Waals surface area contributed by atoms with Crippen molar-refractivity contribution in [2.75, 3.05) is 52.9 Å². The molecule has 0 aromatic heterocycles. The number of ether oxygens (including phenoxy) is 4. The predicted molar refractivity (Wildman–Crippen MR) is 129 cm³/mol. The van der Waals surface area contributed by atoms with Crippen molar-refractivity contribution < 1.29 is 36.1 Å². The Labute approximate surface area is 199 Å². The van der Waals surface area contributed by atoms with Gasteiger partial charge in [0, 0.05) is 0 Å².